The maximum absolute atomic E-state index is 13.8. The van der Waals surface area contributed by atoms with Gasteiger partial charge >= 0.3 is 0 Å². The van der Waals surface area contributed by atoms with Crippen molar-refractivity contribution in [2.24, 2.45) is 0 Å². The molecule has 0 fully saturated rings. The minimum absolute atomic E-state index is 0.137. The van der Waals surface area contributed by atoms with E-state index in [0.717, 1.165) is 12.1 Å². The van der Waals surface area contributed by atoms with Gasteiger partial charge in [0.1, 0.15) is 40.6 Å². The van der Waals surface area contributed by atoms with Crippen molar-refractivity contribution in [1.29, 1.82) is 0 Å². The minimum atomic E-state index is -1.15. The maximum atomic E-state index is 13.8. The molecular weight excluding hydrogens is 445 g/mol. The molecule has 5 nitrogen and oxygen atoms in total. The van der Waals surface area contributed by atoms with Crippen LogP contribution in [0.2, 0.25) is 0 Å². The molecule has 2 amide bonds. The van der Waals surface area contributed by atoms with E-state index in [4.69, 9.17) is 0 Å². The van der Waals surface area contributed by atoms with Crippen molar-refractivity contribution in [3.8, 4) is 0 Å². The number of benzene rings is 2. The first-order valence-corrected chi connectivity index (χ1v) is 9.88. The summed E-state index contributed by atoms with van der Waals surface area (Å²) in [5, 5.41) is 2.31. The van der Waals surface area contributed by atoms with Gasteiger partial charge in [-0.2, -0.15) is 0 Å². The van der Waals surface area contributed by atoms with Crippen molar-refractivity contribution < 1.29 is 31.5 Å². The monoisotopic (exact) mass is 461 g/mol. The van der Waals surface area contributed by atoms with E-state index in [9.17, 15) is 31.5 Å². The van der Waals surface area contributed by atoms with Crippen LogP contribution in [0.1, 0.15) is 33.6 Å². The van der Waals surface area contributed by atoms with Gasteiger partial charge in [0.2, 0.25) is 5.91 Å². The van der Waals surface area contributed by atoms with Crippen LogP contribution >= 0.6 is 0 Å². The number of hydrogen-bond donors (Lipinski definition) is 1. The van der Waals surface area contributed by atoms with Gasteiger partial charge in [-0.25, -0.2) is 26.9 Å². The summed E-state index contributed by atoms with van der Waals surface area (Å²) in [6.07, 6.45) is 0.518. The molecule has 0 radical (unpaired) electrons. The summed E-state index contributed by atoms with van der Waals surface area (Å²) in [6, 6.07) is 6.87. The molecule has 0 saturated heterocycles. The van der Waals surface area contributed by atoms with Gasteiger partial charge in [0.15, 0.2) is 0 Å². The standard InChI is InChI=1S/C23H16F5N3O2/c24-14-5-12(6-15(25)7-14)11-31-21(32)4-2-13-1-3-20(30-22(13)31)23(33)29-10-17-18(27)8-16(26)9-19(17)28/h1,3,5-9H,2,4,10-11H2,(H,29,33). The fourth-order valence-electron chi connectivity index (χ4n) is 3.58. The zero-order chi connectivity index (χ0) is 23.7. The minimum Gasteiger partial charge on any atom is -0.346 e. The number of nitrogens with zero attached hydrogens (tertiary/aromatic N) is 2. The Morgan fingerprint density at radius 2 is 1.55 bits per heavy atom. The number of pyridine rings is 1. The van der Waals surface area contributed by atoms with Crippen LogP contribution in [0.5, 0.6) is 0 Å². The Balaban J connectivity index is 1.57. The highest BCUT2D eigenvalue weighted by atomic mass is 19.2. The zero-order valence-electron chi connectivity index (χ0n) is 17.0. The Kier molecular flexibility index (Phi) is 6.08. The molecule has 170 valence electrons. The molecule has 10 heteroatoms. The van der Waals surface area contributed by atoms with E-state index in [1.807, 2.05) is 0 Å². The molecule has 0 atom stereocenters. The molecule has 3 aromatic rings. The summed E-state index contributed by atoms with van der Waals surface area (Å²) in [7, 11) is 0. The second-order valence-corrected chi connectivity index (χ2v) is 7.47. The molecule has 1 aliphatic heterocycles. The van der Waals surface area contributed by atoms with Crippen LogP contribution in [0.15, 0.2) is 42.5 Å². The van der Waals surface area contributed by atoms with Crippen molar-refractivity contribution in [1.82, 2.24) is 10.3 Å². The summed E-state index contributed by atoms with van der Waals surface area (Å²) < 4.78 is 67.8. The second kappa shape index (κ2) is 8.97. The fourth-order valence-corrected chi connectivity index (χ4v) is 3.58. The molecule has 0 spiro atoms. The van der Waals surface area contributed by atoms with E-state index < -0.39 is 47.1 Å². The van der Waals surface area contributed by atoms with Crippen molar-refractivity contribution in [3.63, 3.8) is 0 Å². The molecule has 2 aromatic carbocycles. The van der Waals surface area contributed by atoms with Gasteiger partial charge in [0, 0.05) is 36.7 Å². The molecule has 33 heavy (non-hydrogen) atoms. The van der Waals surface area contributed by atoms with Crippen LogP contribution in [-0.4, -0.2) is 16.8 Å². The normalized spacial score (nSPS) is 13.1. The summed E-state index contributed by atoms with van der Waals surface area (Å²) in [4.78, 5) is 30.5. The zero-order valence-corrected chi connectivity index (χ0v) is 17.0. The number of amides is 2. The number of fused-ring (bicyclic) bond motifs is 1. The van der Waals surface area contributed by atoms with Gasteiger partial charge in [-0.1, -0.05) is 6.07 Å². The lowest BCUT2D eigenvalue weighted by molar-refractivity contribution is -0.119. The first-order valence-electron chi connectivity index (χ1n) is 9.88. The third kappa shape index (κ3) is 4.84. The number of aryl methyl sites for hydroxylation is 1. The smallest absolute Gasteiger partial charge is 0.270 e. The average molecular weight is 461 g/mol. The van der Waals surface area contributed by atoms with Gasteiger partial charge < -0.3 is 5.32 Å². The lowest BCUT2D eigenvalue weighted by Crippen LogP contribution is -2.36. The highest BCUT2D eigenvalue weighted by molar-refractivity contribution is 5.97. The van der Waals surface area contributed by atoms with Gasteiger partial charge in [-0.3, -0.25) is 14.5 Å². The summed E-state index contributed by atoms with van der Waals surface area (Å²) in [6.45, 7) is -0.717. The molecule has 1 aliphatic rings. The molecule has 0 saturated carbocycles. The van der Waals surface area contributed by atoms with Crippen molar-refractivity contribution >= 4 is 17.6 Å². The van der Waals surface area contributed by atoms with Crippen molar-refractivity contribution in [2.45, 2.75) is 25.9 Å². The quantitative estimate of drug-likeness (QED) is 0.580. The van der Waals surface area contributed by atoms with Crippen molar-refractivity contribution in [2.75, 3.05) is 4.90 Å². The van der Waals surface area contributed by atoms with Crippen LogP contribution < -0.4 is 10.2 Å². The first kappa shape index (κ1) is 22.4. The number of halogens is 5. The Hall–Kier alpha value is -3.82. The first-order chi connectivity index (χ1) is 15.7. The van der Waals surface area contributed by atoms with Crippen LogP contribution in [-0.2, 0) is 24.3 Å². The molecular formula is C23H16F5N3O2. The molecule has 4 rings (SSSR count). The van der Waals surface area contributed by atoms with E-state index in [1.54, 1.807) is 6.07 Å². The third-order valence-electron chi connectivity index (χ3n) is 5.15. The van der Waals surface area contributed by atoms with Gasteiger partial charge in [0.25, 0.3) is 5.91 Å². The number of hydrogen-bond acceptors (Lipinski definition) is 3. The van der Waals surface area contributed by atoms with Gasteiger partial charge in [0.05, 0.1) is 6.54 Å². The molecule has 0 bridgehead atoms. The Morgan fingerprint density at radius 3 is 2.21 bits per heavy atom. The average Bonchev–Trinajstić information content (AvgIpc) is 2.74. The summed E-state index contributed by atoms with van der Waals surface area (Å²) >= 11 is 0. The van der Waals surface area contributed by atoms with E-state index >= 15 is 0 Å². The van der Waals surface area contributed by atoms with Crippen LogP contribution in [0, 0.1) is 29.1 Å². The van der Waals surface area contributed by atoms with Crippen molar-refractivity contribution in [3.05, 3.63) is 93.9 Å². The number of nitrogens with one attached hydrogen (secondary N) is 1. The lowest BCUT2D eigenvalue weighted by Gasteiger charge is -2.28. The largest absolute Gasteiger partial charge is 0.346 e. The van der Waals surface area contributed by atoms with Crippen LogP contribution in [0.3, 0.4) is 0 Å². The molecule has 1 N–H and O–H groups in total. The van der Waals surface area contributed by atoms with Gasteiger partial charge in [-0.15, -0.1) is 0 Å². The van der Waals surface area contributed by atoms with Gasteiger partial charge in [-0.05, 0) is 35.7 Å². The second-order valence-electron chi connectivity index (χ2n) is 7.47. The SMILES string of the molecule is O=C(NCc1c(F)cc(F)cc1F)c1ccc2c(n1)N(Cc1cc(F)cc(F)c1)C(=O)CC2. The van der Waals surface area contributed by atoms with E-state index in [-0.39, 0.29) is 35.9 Å². The maximum Gasteiger partial charge on any atom is 0.270 e. The molecule has 2 heterocycles. The molecule has 1 aromatic heterocycles. The fraction of sp³-hybridized carbons (Fsp3) is 0.174. The van der Waals surface area contributed by atoms with E-state index in [0.29, 0.717) is 30.2 Å². The number of carbonyl (C=O) groups is 2. The Morgan fingerprint density at radius 1 is 0.909 bits per heavy atom. The highest BCUT2D eigenvalue weighted by Crippen LogP contribution is 2.28. The summed E-state index contributed by atoms with van der Waals surface area (Å²) in [5.41, 5.74) is 0.195. The highest BCUT2D eigenvalue weighted by Gasteiger charge is 2.27. The Labute approximate surface area is 184 Å². The predicted octanol–water partition coefficient (Wildman–Crippen LogP) is 4.19. The topological polar surface area (TPSA) is 62.3 Å². The van der Waals surface area contributed by atoms with Crippen LogP contribution in [0.25, 0.3) is 0 Å². The predicted molar refractivity (Wildman–Crippen MR) is 108 cm³/mol. The molecule has 0 unspecified atom stereocenters. The van der Waals surface area contributed by atoms with E-state index in [1.165, 1.54) is 11.0 Å². The summed E-state index contributed by atoms with van der Waals surface area (Å²) in [5.74, 6) is -5.94. The number of carbonyl (C=O) groups excluding carboxylic acids is 2. The third-order valence-corrected chi connectivity index (χ3v) is 5.15. The lowest BCUT2D eigenvalue weighted by atomic mass is 10.0. The number of aromatic nitrogens is 1. The Bertz CT molecular complexity index is 1220. The number of anilines is 1. The molecule has 0 aliphatic carbocycles. The van der Waals surface area contributed by atoms with Crippen LogP contribution in [0.4, 0.5) is 27.8 Å². The van der Waals surface area contributed by atoms with E-state index in [2.05, 4.69) is 10.3 Å². The number of rotatable bonds is 5.